The molecule has 0 saturated carbocycles. The van der Waals surface area contributed by atoms with Crippen LogP contribution in [0.4, 0.5) is 0 Å². The number of hydrogen-bond acceptors (Lipinski definition) is 5. The van der Waals surface area contributed by atoms with Gasteiger partial charge < -0.3 is 16.2 Å². The molecule has 0 aliphatic carbocycles. The molecule has 96 valence electrons. The van der Waals surface area contributed by atoms with Gasteiger partial charge >= 0.3 is 5.97 Å². The first-order valence-corrected chi connectivity index (χ1v) is 5.26. The van der Waals surface area contributed by atoms with Crippen molar-refractivity contribution in [3.63, 3.8) is 0 Å². The van der Waals surface area contributed by atoms with E-state index in [4.69, 9.17) is 16.2 Å². The fourth-order valence-electron chi connectivity index (χ4n) is 0.925. The molecule has 0 aromatic heterocycles. The molecule has 0 spiro atoms. The number of ether oxygens (including phenoxy) is 1. The summed E-state index contributed by atoms with van der Waals surface area (Å²) in [7, 11) is 0. The predicted octanol–water partition coefficient (Wildman–Crippen LogP) is 0.992. The summed E-state index contributed by atoms with van der Waals surface area (Å²) in [6.07, 6.45) is 2.52. The Hall–Kier alpha value is -1.78. The normalized spacial score (nSPS) is 13.4. The number of nitrogens with two attached hydrogens (primary N) is 2. The van der Waals surface area contributed by atoms with E-state index in [1.54, 1.807) is 27.7 Å². The second-order valence-electron chi connectivity index (χ2n) is 4.72. The Balaban J connectivity index is 4.41. The molecule has 5 heteroatoms. The summed E-state index contributed by atoms with van der Waals surface area (Å²) in [5, 5.41) is 0. The molecule has 0 bridgehead atoms. The molecule has 5 nitrogen and oxygen atoms in total. The molecular weight excluding hydrogens is 220 g/mol. The number of Topliss-reactive ketones (excluding diaryl/α,β-unsaturated/α-hetero) is 1. The van der Waals surface area contributed by atoms with Gasteiger partial charge in [0.05, 0.1) is 5.70 Å². The van der Waals surface area contributed by atoms with Crippen LogP contribution in [-0.4, -0.2) is 17.4 Å². The van der Waals surface area contributed by atoms with Crippen molar-refractivity contribution >= 4 is 11.8 Å². The van der Waals surface area contributed by atoms with Gasteiger partial charge in [-0.25, -0.2) is 0 Å². The minimum absolute atomic E-state index is 0.0133. The van der Waals surface area contributed by atoms with E-state index < -0.39 is 17.4 Å². The van der Waals surface area contributed by atoms with Crippen molar-refractivity contribution < 1.29 is 14.3 Å². The largest absolute Gasteiger partial charge is 0.460 e. The maximum Gasteiger partial charge on any atom is 0.314 e. The minimum atomic E-state index is -0.608. The molecule has 0 unspecified atom stereocenters. The highest BCUT2D eigenvalue weighted by molar-refractivity contribution is 6.05. The van der Waals surface area contributed by atoms with Crippen molar-refractivity contribution in [3.05, 3.63) is 23.5 Å². The Morgan fingerprint density at radius 2 is 1.71 bits per heavy atom. The van der Waals surface area contributed by atoms with E-state index in [0.29, 0.717) is 5.70 Å². The van der Waals surface area contributed by atoms with Gasteiger partial charge in [0.15, 0.2) is 5.78 Å². The zero-order valence-electron chi connectivity index (χ0n) is 10.7. The topological polar surface area (TPSA) is 95.4 Å². The van der Waals surface area contributed by atoms with Crippen LogP contribution in [0.2, 0.25) is 0 Å². The van der Waals surface area contributed by atoms with Crippen molar-refractivity contribution in [2.24, 2.45) is 11.5 Å². The van der Waals surface area contributed by atoms with Gasteiger partial charge in [0.1, 0.15) is 12.0 Å². The highest BCUT2D eigenvalue weighted by Gasteiger charge is 2.19. The Morgan fingerprint density at radius 1 is 1.18 bits per heavy atom. The number of hydrogen-bond donors (Lipinski definition) is 2. The third-order valence-corrected chi connectivity index (χ3v) is 1.57. The Morgan fingerprint density at radius 3 is 2.12 bits per heavy atom. The molecule has 0 aromatic rings. The van der Waals surface area contributed by atoms with Crippen molar-refractivity contribution in [3.8, 4) is 0 Å². The van der Waals surface area contributed by atoms with Crippen molar-refractivity contribution in [1.82, 2.24) is 0 Å². The molecule has 0 aliphatic heterocycles. The molecule has 17 heavy (non-hydrogen) atoms. The average Bonchev–Trinajstić information content (AvgIpc) is 2.10. The first-order chi connectivity index (χ1) is 7.61. The smallest absolute Gasteiger partial charge is 0.314 e. The molecule has 0 atom stereocenters. The number of carbonyl (C=O) groups is 2. The number of allylic oxidation sites excluding steroid dienone is 4. The maximum absolute atomic E-state index is 11.5. The number of esters is 1. The summed E-state index contributed by atoms with van der Waals surface area (Å²) in [6, 6.07) is 0. The van der Waals surface area contributed by atoms with Gasteiger partial charge in [-0.05, 0) is 39.8 Å². The van der Waals surface area contributed by atoms with Crippen LogP contribution in [0.3, 0.4) is 0 Å². The van der Waals surface area contributed by atoms with Gasteiger partial charge in [0, 0.05) is 5.70 Å². The van der Waals surface area contributed by atoms with Crippen molar-refractivity contribution in [2.45, 2.75) is 39.7 Å². The van der Waals surface area contributed by atoms with Gasteiger partial charge in [-0.1, -0.05) is 0 Å². The molecule has 0 fully saturated rings. The van der Waals surface area contributed by atoms with Gasteiger partial charge in [-0.2, -0.15) is 0 Å². The lowest BCUT2D eigenvalue weighted by molar-refractivity contribution is -0.155. The SMILES string of the molecule is C/C(N)=C/C=C(\N)C(=O)CC(=O)OC(C)(C)C. The van der Waals surface area contributed by atoms with E-state index in [-0.39, 0.29) is 12.1 Å². The van der Waals surface area contributed by atoms with E-state index in [0.717, 1.165) is 0 Å². The molecule has 0 aliphatic rings. The second-order valence-corrected chi connectivity index (χ2v) is 4.72. The summed E-state index contributed by atoms with van der Waals surface area (Å²) in [4.78, 5) is 22.8. The summed E-state index contributed by atoms with van der Waals surface area (Å²) in [5.41, 5.74) is 10.8. The monoisotopic (exact) mass is 240 g/mol. The van der Waals surface area contributed by atoms with Crippen LogP contribution in [-0.2, 0) is 14.3 Å². The van der Waals surface area contributed by atoms with Gasteiger partial charge in [-0.15, -0.1) is 0 Å². The summed E-state index contributed by atoms with van der Waals surface area (Å²) in [6.45, 7) is 6.86. The lowest BCUT2D eigenvalue weighted by Crippen LogP contribution is -2.26. The number of rotatable bonds is 4. The molecule has 0 aromatic carbocycles. The highest BCUT2D eigenvalue weighted by atomic mass is 16.6. The number of ketones is 1. The zero-order chi connectivity index (χ0) is 13.6. The summed E-state index contributed by atoms with van der Waals surface area (Å²) in [5.74, 6) is -1.07. The van der Waals surface area contributed by atoms with E-state index >= 15 is 0 Å². The number of carbonyl (C=O) groups excluding carboxylic acids is 2. The lowest BCUT2D eigenvalue weighted by Gasteiger charge is -2.19. The van der Waals surface area contributed by atoms with Gasteiger partial charge in [0.2, 0.25) is 0 Å². The first-order valence-electron chi connectivity index (χ1n) is 5.26. The summed E-state index contributed by atoms with van der Waals surface area (Å²) < 4.78 is 5.00. The first kappa shape index (κ1) is 15.2. The third kappa shape index (κ3) is 8.07. The van der Waals surface area contributed by atoms with Crippen LogP contribution < -0.4 is 11.5 Å². The molecule has 0 amide bonds. The molecule has 0 rings (SSSR count). The van der Waals surface area contributed by atoms with Crippen LogP contribution in [0, 0.1) is 0 Å². The van der Waals surface area contributed by atoms with E-state index in [1.807, 2.05) is 0 Å². The van der Waals surface area contributed by atoms with E-state index in [1.165, 1.54) is 12.2 Å². The van der Waals surface area contributed by atoms with Crippen LogP contribution in [0.15, 0.2) is 23.5 Å². The van der Waals surface area contributed by atoms with E-state index in [9.17, 15) is 9.59 Å². The van der Waals surface area contributed by atoms with Gasteiger partial charge in [0.25, 0.3) is 0 Å². The Bertz CT molecular complexity index is 358. The van der Waals surface area contributed by atoms with Crippen LogP contribution in [0.1, 0.15) is 34.1 Å². The van der Waals surface area contributed by atoms with Crippen LogP contribution >= 0.6 is 0 Å². The fourth-order valence-corrected chi connectivity index (χ4v) is 0.925. The van der Waals surface area contributed by atoms with Crippen LogP contribution in [0.25, 0.3) is 0 Å². The lowest BCUT2D eigenvalue weighted by atomic mass is 10.1. The quantitative estimate of drug-likeness (QED) is 0.331. The summed E-state index contributed by atoms with van der Waals surface area (Å²) >= 11 is 0. The second kappa shape index (κ2) is 6.08. The predicted molar refractivity (Wildman–Crippen MR) is 65.7 cm³/mol. The van der Waals surface area contributed by atoms with E-state index in [2.05, 4.69) is 0 Å². The Kier molecular flexibility index (Phi) is 5.44. The van der Waals surface area contributed by atoms with Crippen molar-refractivity contribution in [1.29, 1.82) is 0 Å². The zero-order valence-corrected chi connectivity index (χ0v) is 10.7. The van der Waals surface area contributed by atoms with Gasteiger partial charge in [-0.3, -0.25) is 9.59 Å². The fraction of sp³-hybridized carbons (Fsp3) is 0.500. The van der Waals surface area contributed by atoms with Crippen molar-refractivity contribution in [2.75, 3.05) is 0 Å². The standard InChI is InChI=1S/C12H20N2O3/c1-8(13)5-6-9(14)10(15)7-11(16)17-12(2,3)4/h5-6H,7,13-14H2,1-4H3/b8-5-,9-6-. The third-order valence-electron chi connectivity index (χ3n) is 1.57. The highest BCUT2D eigenvalue weighted by Crippen LogP contribution is 2.09. The van der Waals surface area contributed by atoms with Crippen LogP contribution in [0.5, 0.6) is 0 Å². The molecule has 4 N–H and O–H groups in total. The molecule has 0 heterocycles. The molecule has 0 radical (unpaired) electrons. The molecular formula is C12H20N2O3. The molecule has 0 saturated heterocycles. The minimum Gasteiger partial charge on any atom is -0.460 e. The maximum atomic E-state index is 11.5. The average molecular weight is 240 g/mol. The Labute approximate surface area is 101 Å².